The second kappa shape index (κ2) is 6.74. The Morgan fingerprint density at radius 2 is 2.00 bits per heavy atom. The summed E-state index contributed by atoms with van der Waals surface area (Å²) in [5, 5.41) is 0. The molecule has 116 valence electrons. The van der Waals surface area contributed by atoms with Gasteiger partial charge in [-0.3, -0.25) is 0 Å². The fourth-order valence-corrected chi connectivity index (χ4v) is 4.15. The number of hydrogen-bond donors (Lipinski definition) is 2. The molecule has 7 heteroatoms. The van der Waals surface area contributed by atoms with Crippen LogP contribution in [0.1, 0.15) is 29.3 Å². The van der Waals surface area contributed by atoms with Crippen molar-refractivity contribution in [3.8, 4) is 0 Å². The SMILES string of the molecule is CCc1ccc(CNS(=O)(=O)c2cc(CN)n(CC)c2)s1. The van der Waals surface area contributed by atoms with Crippen LogP contribution in [0.4, 0.5) is 0 Å². The molecule has 2 aromatic heterocycles. The van der Waals surface area contributed by atoms with Crippen LogP contribution in [0.25, 0.3) is 0 Å². The van der Waals surface area contributed by atoms with Gasteiger partial charge in [-0.2, -0.15) is 0 Å². The van der Waals surface area contributed by atoms with Crippen molar-refractivity contribution in [2.45, 2.75) is 44.8 Å². The number of hydrogen-bond acceptors (Lipinski definition) is 4. The molecule has 0 saturated carbocycles. The van der Waals surface area contributed by atoms with Crippen molar-refractivity contribution in [2.24, 2.45) is 5.73 Å². The molecule has 0 unspecified atom stereocenters. The highest BCUT2D eigenvalue weighted by Gasteiger charge is 2.17. The molecule has 2 rings (SSSR count). The molecule has 0 bridgehead atoms. The highest BCUT2D eigenvalue weighted by atomic mass is 32.2. The Hall–Kier alpha value is -1.15. The smallest absolute Gasteiger partial charge is 0.242 e. The van der Waals surface area contributed by atoms with Crippen LogP contribution in [-0.2, 0) is 36.1 Å². The molecule has 3 N–H and O–H groups in total. The van der Waals surface area contributed by atoms with Crippen LogP contribution in [0.15, 0.2) is 29.3 Å². The maximum absolute atomic E-state index is 12.3. The molecule has 0 spiro atoms. The average molecular weight is 327 g/mol. The lowest BCUT2D eigenvalue weighted by Crippen LogP contribution is -2.22. The van der Waals surface area contributed by atoms with Crippen LogP contribution < -0.4 is 10.5 Å². The highest BCUT2D eigenvalue weighted by Crippen LogP contribution is 2.18. The lowest BCUT2D eigenvalue weighted by molar-refractivity contribution is 0.581. The fraction of sp³-hybridized carbons (Fsp3) is 0.429. The van der Waals surface area contributed by atoms with Crippen LogP contribution >= 0.6 is 11.3 Å². The normalized spacial score (nSPS) is 12.0. The van der Waals surface area contributed by atoms with Crippen LogP contribution in [0.5, 0.6) is 0 Å². The largest absolute Gasteiger partial charge is 0.349 e. The van der Waals surface area contributed by atoms with Crippen LogP contribution in [-0.4, -0.2) is 13.0 Å². The van der Waals surface area contributed by atoms with E-state index in [1.807, 2.05) is 23.6 Å². The zero-order valence-electron chi connectivity index (χ0n) is 12.3. The molecule has 0 saturated heterocycles. The first kappa shape index (κ1) is 16.2. The van der Waals surface area contributed by atoms with E-state index in [9.17, 15) is 8.42 Å². The molecule has 0 aliphatic carbocycles. The molecular formula is C14H21N3O2S2. The van der Waals surface area contributed by atoms with Gasteiger partial charge in [0.1, 0.15) is 0 Å². The number of nitrogens with two attached hydrogens (primary N) is 1. The van der Waals surface area contributed by atoms with E-state index in [2.05, 4.69) is 11.6 Å². The molecule has 0 aliphatic rings. The summed E-state index contributed by atoms with van der Waals surface area (Å²) in [6, 6.07) is 5.64. The number of rotatable bonds is 7. The van der Waals surface area contributed by atoms with E-state index in [0.29, 0.717) is 19.6 Å². The van der Waals surface area contributed by atoms with E-state index >= 15 is 0 Å². The molecule has 0 atom stereocenters. The van der Waals surface area contributed by atoms with Gasteiger partial charge < -0.3 is 10.3 Å². The number of aromatic nitrogens is 1. The Balaban J connectivity index is 2.12. The van der Waals surface area contributed by atoms with Crippen molar-refractivity contribution in [2.75, 3.05) is 0 Å². The first-order chi connectivity index (χ1) is 10.00. The van der Waals surface area contributed by atoms with E-state index in [1.165, 1.54) is 4.88 Å². The summed E-state index contributed by atoms with van der Waals surface area (Å²) in [6.07, 6.45) is 2.60. The van der Waals surface area contributed by atoms with Crippen molar-refractivity contribution in [1.29, 1.82) is 0 Å². The van der Waals surface area contributed by atoms with E-state index in [-0.39, 0.29) is 4.90 Å². The summed E-state index contributed by atoms with van der Waals surface area (Å²) in [5.41, 5.74) is 6.45. The number of nitrogens with one attached hydrogen (secondary N) is 1. The molecule has 0 radical (unpaired) electrons. The Labute approximate surface area is 129 Å². The van der Waals surface area contributed by atoms with Gasteiger partial charge in [0.2, 0.25) is 10.0 Å². The van der Waals surface area contributed by atoms with Gasteiger partial charge in [0.05, 0.1) is 4.90 Å². The van der Waals surface area contributed by atoms with Crippen LogP contribution in [0, 0.1) is 0 Å². The molecule has 5 nitrogen and oxygen atoms in total. The first-order valence-electron chi connectivity index (χ1n) is 6.96. The second-order valence-electron chi connectivity index (χ2n) is 4.70. The third-order valence-electron chi connectivity index (χ3n) is 3.32. The minimum Gasteiger partial charge on any atom is -0.349 e. The lowest BCUT2D eigenvalue weighted by atomic mass is 10.4. The van der Waals surface area contributed by atoms with E-state index in [1.54, 1.807) is 23.6 Å². The minimum absolute atomic E-state index is 0.275. The second-order valence-corrected chi connectivity index (χ2v) is 7.72. The third-order valence-corrected chi connectivity index (χ3v) is 5.92. The van der Waals surface area contributed by atoms with Gasteiger partial charge in [0, 0.05) is 41.3 Å². The third kappa shape index (κ3) is 3.74. The molecule has 0 amide bonds. The summed E-state index contributed by atoms with van der Waals surface area (Å²) in [6.45, 7) is 5.39. The maximum atomic E-state index is 12.3. The summed E-state index contributed by atoms with van der Waals surface area (Å²) in [5.74, 6) is 0. The predicted octanol–water partition coefficient (Wildman–Crippen LogP) is 2.07. The zero-order valence-corrected chi connectivity index (χ0v) is 13.9. The monoisotopic (exact) mass is 327 g/mol. The number of sulfonamides is 1. The molecule has 0 fully saturated rings. The summed E-state index contributed by atoms with van der Waals surface area (Å²) < 4.78 is 29.1. The first-order valence-corrected chi connectivity index (χ1v) is 9.26. The van der Waals surface area contributed by atoms with E-state index in [0.717, 1.165) is 17.0 Å². The van der Waals surface area contributed by atoms with Gasteiger partial charge in [-0.25, -0.2) is 13.1 Å². The van der Waals surface area contributed by atoms with Gasteiger partial charge in [0.15, 0.2) is 0 Å². The predicted molar refractivity (Wildman–Crippen MR) is 85.7 cm³/mol. The minimum atomic E-state index is -3.50. The van der Waals surface area contributed by atoms with Gasteiger partial charge in [-0.15, -0.1) is 11.3 Å². The average Bonchev–Trinajstić information content (AvgIpc) is 3.11. The highest BCUT2D eigenvalue weighted by molar-refractivity contribution is 7.89. The molecular weight excluding hydrogens is 306 g/mol. The molecule has 0 aliphatic heterocycles. The van der Waals surface area contributed by atoms with Crippen molar-refractivity contribution >= 4 is 21.4 Å². The summed E-state index contributed by atoms with van der Waals surface area (Å²) in [7, 11) is -3.50. The quantitative estimate of drug-likeness (QED) is 0.817. The van der Waals surface area contributed by atoms with E-state index in [4.69, 9.17) is 5.73 Å². The summed E-state index contributed by atoms with van der Waals surface area (Å²) >= 11 is 1.63. The van der Waals surface area contributed by atoms with Crippen molar-refractivity contribution in [3.63, 3.8) is 0 Å². The van der Waals surface area contributed by atoms with E-state index < -0.39 is 10.0 Å². The van der Waals surface area contributed by atoms with Gasteiger partial charge in [0.25, 0.3) is 0 Å². The standard InChI is InChI=1S/C14H21N3O2S2/c1-3-12-5-6-13(20-12)9-16-21(18,19)14-7-11(8-15)17(4-2)10-14/h5-7,10,16H,3-4,8-9,15H2,1-2H3. The number of thiophene rings is 1. The molecule has 2 aromatic rings. The fourth-order valence-electron chi connectivity index (χ4n) is 2.10. The summed E-state index contributed by atoms with van der Waals surface area (Å²) in [4.78, 5) is 2.55. The van der Waals surface area contributed by atoms with Gasteiger partial charge in [-0.1, -0.05) is 6.92 Å². The lowest BCUT2D eigenvalue weighted by Gasteiger charge is -2.03. The van der Waals surface area contributed by atoms with Gasteiger partial charge >= 0.3 is 0 Å². The van der Waals surface area contributed by atoms with Crippen molar-refractivity contribution < 1.29 is 8.42 Å². The molecule has 21 heavy (non-hydrogen) atoms. The maximum Gasteiger partial charge on any atom is 0.242 e. The Kier molecular flexibility index (Phi) is 5.21. The van der Waals surface area contributed by atoms with Gasteiger partial charge in [-0.05, 0) is 31.5 Å². The topological polar surface area (TPSA) is 77.1 Å². The Bertz CT molecular complexity index is 680. The van der Waals surface area contributed by atoms with Crippen molar-refractivity contribution in [1.82, 2.24) is 9.29 Å². The van der Waals surface area contributed by atoms with Crippen LogP contribution in [0.2, 0.25) is 0 Å². The number of aryl methyl sites for hydroxylation is 2. The van der Waals surface area contributed by atoms with Crippen molar-refractivity contribution in [3.05, 3.63) is 39.8 Å². The zero-order chi connectivity index (χ0) is 15.5. The Morgan fingerprint density at radius 1 is 1.29 bits per heavy atom. The molecule has 2 heterocycles. The molecule has 0 aromatic carbocycles. The Morgan fingerprint density at radius 3 is 2.52 bits per heavy atom. The number of nitrogens with zero attached hydrogens (tertiary/aromatic N) is 1. The van der Waals surface area contributed by atoms with Crippen LogP contribution in [0.3, 0.4) is 0 Å².